The van der Waals surface area contributed by atoms with Gasteiger partial charge in [0.1, 0.15) is 0 Å². The van der Waals surface area contributed by atoms with Gasteiger partial charge >= 0.3 is 0 Å². The number of carbonyl (C=O) groups excluding carboxylic acids is 1. The predicted molar refractivity (Wildman–Crippen MR) is 87.7 cm³/mol. The Morgan fingerprint density at radius 3 is 3.05 bits per heavy atom. The molecular formula is C17H25ClN2O. The molecular weight excluding hydrogens is 284 g/mol. The second-order valence-electron chi connectivity index (χ2n) is 5.72. The molecule has 1 unspecified atom stereocenters. The third-order valence-corrected chi connectivity index (χ3v) is 4.26. The molecule has 116 valence electrons. The summed E-state index contributed by atoms with van der Waals surface area (Å²) in [6.07, 6.45) is 5.29. The number of carbonyl (C=O) groups is 1. The summed E-state index contributed by atoms with van der Waals surface area (Å²) in [4.78, 5) is 14.7. The highest BCUT2D eigenvalue weighted by Crippen LogP contribution is 2.17. The van der Waals surface area contributed by atoms with E-state index in [4.69, 9.17) is 11.6 Å². The molecule has 0 spiro atoms. The van der Waals surface area contributed by atoms with Crippen LogP contribution in [0.25, 0.3) is 0 Å². The van der Waals surface area contributed by atoms with Crippen LogP contribution >= 0.6 is 11.6 Å². The topological polar surface area (TPSA) is 32.3 Å². The van der Waals surface area contributed by atoms with Crippen molar-refractivity contribution in [3.8, 4) is 0 Å². The summed E-state index contributed by atoms with van der Waals surface area (Å²) in [5, 5.41) is 3.84. The molecule has 1 aromatic rings. The average Bonchev–Trinajstić information content (AvgIpc) is 2.48. The van der Waals surface area contributed by atoms with Crippen LogP contribution < -0.4 is 5.32 Å². The zero-order valence-electron chi connectivity index (χ0n) is 12.8. The number of hydrogen-bond donors (Lipinski definition) is 1. The van der Waals surface area contributed by atoms with Gasteiger partial charge < -0.3 is 5.32 Å². The van der Waals surface area contributed by atoms with Crippen molar-refractivity contribution in [1.29, 1.82) is 0 Å². The molecule has 21 heavy (non-hydrogen) atoms. The molecule has 1 heterocycles. The third kappa shape index (κ3) is 5.01. The molecule has 0 aliphatic carbocycles. The maximum Gasteiger partial charge on any atom is 0.237 e. The average molecular weight is 309 g/mol. The molecule has 1 fully saturated rings. The van der Waals surface area contributed by atoms with Crippen LogP contribution in [0.4, 0.5) is 0 Å². The van der Waals surface area contributed by atoms with Gasteiger partial charge in [0.2, 0.25) is 5.91 Å². The fourth-order valence-electron chi connectivity index (χ4n) is 2.98. The summed E-state index contributed by atoms with van der Waals surface area (Å²) in [7, 11) is 0. The Bertz CT molecular complexity index is 462. The van der Waals surface area contributed by atoms with Crippen molar-refractivity contribution in [2.45, 2.75) is 45.1 Å². The number of likely N-dealkylation sites (tertiary alicyclic amines) is 1. The molecule has 0 bridgehead atoms. The Balaban J connectivity index is 1.80. The summed E-state index contributed by atoms with van der Waals surface area (Å²) in [6, 6.07) is 7.88. The minimum atomic E-state index is 0.0676. The minimum absolute atomic E-state index is 0.0676. The first-order valence-electron chi connectivity index (χ1n) is 7.97. The Labute approximate surface area is 132 Å². The minimum Gasteiger partial charge on any atom is -0.354 e. The highest BCUT2D eigenvalue weighted by atomic mass is 35.5. The van der Waals surface area contributed by atoms with Gasteiger partial charge in [-0.2, -0.15) is 0 Å². The second kappa shape index (κ2) is 8.40. The van der Waals surface area contributed by atoms with Gasteiger partial charge in [-0.3, -0.25) is 9.69 Å². The molecule has 0 aromatic heterocycles. The fraction of sp³-hybridized carbons (Fsp3) is 0.588. The molecule has 1 aliphatic rings. The summed E-state index contributed by atoms with van der Waals surface area (Å²) in [5.41, 5.74) is 1.16. The molecule has 4 heteroatoms. The van der Waals surface area contributed by atoms with Gasteiger partial charge in [0.05, 0.1) is 6.04 Å². The Kier molecular flexibility index (Phi) is 6.52. The zero-order chi connectivity index (χ0) is 15.1. The van der Waals surface area contributed by atoms with Crippen LogP contribution in [-0.4, -0.2) is 36.5 Å². The van der Waals surface area contributed by atoms with Gasteiger partial charge in [-0.25, -0.2) is 0 Å². The van der Waals surface area contributed by atoms with Crippen LogP contribution in [0.2, 0.25) is 5.02 Å². The molecule has 1 amide bonds. The summed E-state index contributed by atoms with van der Waals surface area (Å²) < 4.78 is 0. The van der Waals surface area contributed by atoms with Crippen molar-refractivity contribution >= 4 is 17.5 Å². The molecule has 1 aliphatic heterocycles. The van der Waals surface area contributed by atoms with E-state index in [2.05, 4.69) is 17.1 Å². The second-order valence-corrected chi connectivity index (χ2v) is 6.15. The van der Waals surface area contributed by atoms with E-state index in [1.54, 1.807) is 0 Å². The molecule has 1 saturated heterocycles. The first kappa shape index (κ1) is 16.3. The molecule has 1 aromatic carbocycles. The van der Waals surface area contributed by atoms with Crippen molar-refractivity contribution in [2.24, 2.45) is 0 Å². The van der Waals surface area contributed by atoms with Crippen LogP contribution in [0.15, 0.2) is 24.3 Å². The molecule has 0 saturated carbocycles. The van der Waals surface area contributed by atoms with Crippen molar-refractivity contribution in [2.75, 3.05) is 19.6 Å². The Morgan fingerprint density at radius 2 is 2.29 bits per heavy atom. The highest BCUT2D eigenvalue weighted by Gasteiger charge is 2.27. The molecule has 1 atom stereocenters. The van der Waals surface area contributed by atoms with E-state index in [0.29, 0.717) is 6.54 Å². The lowest BCUT2D eigenvalue weighted by Gasteiger charge is -2.34. The number of rotatable bonds is 6. The summed E-state index contributed by atoms with van der Waals surface area (Å²) >= 11 is 5.97. The fourth-order valence-corrected chi connectivity index (χ4v) is 3.20. The van der Waals surface area contributed by atoms with Crippen LogP contribution in [-0.2, 0) is 11.2 Å². The van der Waals surface area contributed by atoms with Crippen molar-refractivity contribution in [1.82, 2.24) is 10.2 Å². The number of amides is 1. The largest absolute Gasteiger partial charge is 0.354 e. The van der Waals surface area contributed by atoms with Crippen LogP contribution in [0.5, 0.6) is 0 Å². The van der Waals surface area contributed by atoms with Gasteiger partial charge in [0.15, 0.2) is 0 Å². The van der Waals surface area contributed by atoms with Crippen LogP contribution in [0.3, 0.4) is 0 Å². The molecule has 1 N–H and O–H groups in total. The van der Waals surface area contributed by atoms with Gasteiger partial charge in [-0.1, -0.05) is 37.1 Å². The zero-order valence-corrected chi connectivity index (χ0v) is 13.5. The predicted octanol–water partition coefficient (Wildman–Crippen LogP) is 3.26. The van der Waals surface area contributed by atoms with Gasteiger partial charge in [0, 0.05) is 11.6 Å². The van der Waals surface area contributed by atoms with E-state index in [-0.39, 0.29) is 11.9 Å². The van der Waals surface area contributed by atoms with E-state index in [0.717, 1.165) is 49.4 Å². The lowest BCUT2D eigenvalue weighted by molar-refractivity contribution is -0.127. The SMILES string of the molecule is CCCN1CCCCC1C(=O)NCCc1cccc(Cl)c1. The number of nitrogens with zero attached hydrogens (tertiary/aromatic N) is 1. The van der Waals surface area contributed by atoms with Crippen LogP contribution in [0, 0.1) is 0 Å². The lowest BCUT2D eigenvalue weighted by Crippen LogP contribution is -2.50. The smallest absolute Gasteiger partial charge is 0.237 e. The lowest BCUT2D eigenvalue weighted by atomic mass is 10.0. The Hall–Kier alpha value is -1.06. The number of halogens is 1. The number of hydrogen-bond acceptors (Lipinski definition) is 2. The van der Waals surface area contributed by atoms with Gasteiger partial charge in [0.25, 0.3) is 0 Å². The van der Waals surface area contributed by atoms with Crippen molar-refractivity contribution in [3.05, 3.63) is 34.9 Å². The molecule has 0 radical (unpaired) electrons. The Morgan fingerprint density at radius 1 is 1.43 bits per heavy atom. The molecule has 3 nitrogen and oxygen atoms in total. The first-order chi connectivity index (χ1) is 10.2. The maximum absolute atomic E-state index is 12.4. The van der Waals surface area contributed by atoms with E-state index in [1.807, 2.05) is 24.3 Å². The van der Waals surface area contributed by atoms with Gasteiger partial charge in [-0.05, 0) is 56.5 Å². The molecule has 2 rings (SSSR count). The van der Waals surface area contributed by atoms with Crippen molar-refractivity contribution < 1.29 is 4.79 Å². The summed E-state index contributed by atoms with van der Waals surface area (Å²) in [6.45, 7) is 4.92. The van der Waals surface area contributed by atoms with Gasteiger partial charge in [-0.15, -0.1) is 0 Å². The monoisotopic (exact) mass is 308 g/mol. The first-order valence-corrected chi connectivity index (χ1v) is 8.34. The van der Waals surface area contributed by atoms with E-state index < -0.39 is 0 Å². The quantitative estimate of drug-likeness (QED) is 0.875. The van der Waals surface area contributed by atoms with E-state index in [1.165, 1.54) is 6.42 Å². The summed E-state index contributed by atoms with van der Waals surface area (Å²) in [5.74, 6) is 0.185. The van der Waals surface area contributed by atoms with E-state index >= 15 is 0 Å². The standard InChI is InChI=1S/C17H25ClN2O/c1-2-11-20-12-4-3-8-16(20)17(21)19-10-9-14-6-5-7-15(18)13-14/h5-7,13,16H,2-4,8-12H2,1H3,(H,19,21). The number of nitrogens with one attached hydrogen (secondary N) is 1. The highest BCUT2D eigenvalue weighted by molar-refractivity contribution is 6.30. The third-order valence-electron chi connectivity index (χ3n) is 4.03. The number of piperidine rings is 1. The van der Waals surface area contributed by atoms with Crippen molar-refractivity contribution in [3.63, 3.8) is 0 Å². The maximum atomic E-state index is 12.4. The number of benzene rings is 1. The van der Waals surface area contributed by atoms with Crippen LogP contribution in [0.1, 0.15) is 38.2 Å². The normalized spacial score (nSPS) is 19.4. The van der Waals surface area contributed by atoms with E-state index in [9.17, 15) is 4.79 Å².